The summed E-state index contributed by atoms with van der Waals surface area (Å²) in [5.41, 5.74) is 2.04. The summed E-state index contributed by atoms with van der Waals surface area (Å²) in [6.07, 6.45) is 7.12. The van der Waals surface area contributed by atoms with Crippen LogP contribution in [0.15, 0.2) is 81.1 Å². The lowest BCUT2D eigenvalue weighted by Gasteiger charge is -2.22. The molecule has 0 atom stereocenters. The number of halogens is 1. The molecule has 1 heterocycles. The van der Waals surface area contributed by atoms with Crippen LogP contribution in [0.1, 0.15) is 55.0 Å². The van der Waals surface area contributed by atoms with E-state index in [2.05, 4.69) is 21.0 Å². The van der Waals surface area contributed by atoms with Gasteiger partial charge in [-0.1, -0.05) is 43.5 Å². The smallest absolute Gasteiger partial charge is 0.282 e. The van der Waals surface area contributed by atoms with Crippen molar-refractivity contribution in [3.63, 3.8) is 0 Å². The van der Waals surface area contributed by atoms with Gasteiger partial charge in [-0.3, -0.25) is 14.9 Å². The maximum Gasteiger partial charge on any atom is 0.282 e. The van der Waals surface area contributed by atoms with Crippen LogP contribution in [0.3, 0.4) is 0 Å². The zero-order chi connectivity index (χ0) is 25.8. The lowest BCUT2D eigenvalue weighted by atomic mass is 9.88. The van der Waals surface area contributed by atoms with Crippen LogP contribution in [0.2, 0.25) is 0 Å². The molecule has 4 aromatic rings. The van der Waals surface area contributed by atoms with E-state index in [-0.39, 0.29) is 23.8 Å². The standard InChI is InChI=1S/C28H25BrN4O4/c29-24-16-19(13-14-26(24)37-18-20-7-6-10-22(15-20)33(35)36)17-30-32-27(21-8-2-1-3-9-21)31-25-12-5-4-11-23(25)28(32)34/h4-7,10-17,21H,1-3,8-9,18H2. The first-order valence-electron chi connectivity index (χ1n) is 12.2. The highest BCUT2D eigenvalue weighted by atomic mass is 79.9. The summed E-state index contributed by atoms with van der Waals surface area (Å²) in [7, 11) is 0. The molecule has 8 nitrogen and oxygen atoms in total. The molecular formula is C28H25BrN4O4. The highest BCUT2D eigenvalue weighted by molar-refractivity contribution is 9.10. The molecule has 0 aliphatic heterocycles. The Morgan fingerprint density at radius 1 is 1.08 bits per heavy atom. The number of rotatable bonds is 7. The van der Waals surface area contributed by atoms with E-state index >= 15 is 0 Å². The quantitative estimate of drug-likeness (QED) is 0.144. The first-order valence-corrected chi connectivity index (χ1v) is 13.0. The highest BCUT2D eigenvalue weighted by Gasteiger charge is 2.22. The Morgan fingerprint density at radius 2 is 1.89 bits per heavy atom. The first kappa shape index (κ1) is 24.8. The van der Waals surface area contributed by atoms with Crippen molar-refractivity contribution < 1.29 is 9.66 Å². The fourth-order valence-electron chi connectivity index (χ4n) is 4.64. The SMILES string of the molecule is O=c1c2ccccc2nc(C2CCCCC2)n1N=Cc1ccc(OCc2cccc([N+](=O)[O-])c2)c(Br)c1. The van der Waals surface area contributed by atoms with E-state index in [4.69, 9.17) is 9.72 Å². The fraction of sp³-hybridized carbons (Fsp3) is 0.250. The van der Waals surface area contributed by atoms with Gasteiger partial charge in [0.25, 0.3) is 11.2 Å². The molecule has 1 aliphatic carbocycles. The summed E-state index contributed by atoms with van der Waals surface area (Å²) in [5, 5.41) is 16.1. The van der Waals surface area contributed by atoms with Gasteiger partial charge in [0.1, 0.15) is 18.2 Å². The van der Waals surface area contributed by atoms with E-state index in [9.17, 15) is 14.9 Å². The van der Waals surface area contributed by atoms with E-state index in [0.29, 0.717) is 26.7 Å². The number of benzene rings is 3. The van der Waals surface area contributed by atoms with Crippen LogP contribution in [0.4, 0.5) is 5.69 Å². The van der Waals surface area contributed by atoms with Crippen LogP contribution < -0.4 is 10.3 Å². The molecule has 0 saturated heterocycles. The maximum atomic E-state index is 13.4. The number of hydrogen-bond donors (Lipinski definition) is 0. The zero-order valence-corrected chi connectivity index (χ0v) is 21.6. The van der Waals surface area contributed by atoms with Crippen molar-refractivity contribution in [2.75, 3.05) is 0 Å². The largest absolute Gasteiger partial charge is 0.488 e. The van der Waals surface area contributed by atoms with Gasteiger partial charge in [0.15, 0.2) is 0 Å². The molecule has 1 aromatic heterocycles. The van der Waals surface area contributed by atoms with E-state index in [0.717, 1.165) is 37.1 Å². The summed E-state index contributed by atoms with van der Waals surface area (Å²) in [5.74, 6) is 1.52. The molecule has 37 heavy (non-hydrogen) atoms. The van der Waals surface area contributed by atoms with Crippen LogP contribution in [-0.2, 0) is 6.61 Å². The monoisotopic (exact) mass is 560 g/mol. The predicted molar refractivity (Wildman–Crippen MR) is 146 cm³/mol. The summed E-state index contributed by atoms with van der Waals surface area (Å²) >= 11 is 3.53. The number of nitrogens with zero attached hydrogens (tertiary/aromatic N) is 4. The average Bonchev–Trinajstić information content (AvgIpc) is 2.92. The molecule has 1 saturated carbocycles. The fourth-order valence-corrected chi connectivity index (χ4v) is 5.15. The molecule has 0 radical (unpaired) electrons. The molecule has 188 valence electrons. The Kier molecular flexibility index (Phi) is 7.41. The van der Waals surface area contributed by atoms with Crippen LogP contribution in [0, 0.1) is 10.1 Å². The molecule has 0 N–H and O–H groups in total. The Hall–Kier alpha value is -3.85. The van der Waals surface area contributed by atoms with Gasteiger partial charge < -0.3 is 4.74 Å². The van der Waals surface area contributed by atoms with Gasteiger partial charge in [-0.05, 0) is 70.2 Å². The van der Waals surface area contributed by atoms with Crippen LogP contribution in [0.5, 0.6) is 5.75 Å². The number of fused-ring (bicyclic) bond motifs is 1. The topological polar surface area (TPSA) is 99.6 Å². The molecule has 0 spiro atoms. The minimum absolute atomic E-state index is 0.0257. The highest BCUT2D eigenvalue weighted by Crippen LogP contribution is 2.32. The number of nitro groups is 1. The average molecular weight is 561 g/mol. The van der Waals surface area contributed by atoms with Gasteiger partial charge in [0.2, 0.25) is 0 Å². The van der Waals surface area contributed by atoms with Crippen molar-refractivity contribution in [3.8, 4) is 5.75 Å². The molecule has 9 heteroatoms. The molecule has 0 bridgehead atoms. The second-order valence-corrected chi connectivity index (χ2v) is 9.94. The first-order chi connectivity index (χ1) is 18.0. The Labute approximate surface area is 221 Å². The van der Waals surface area contributed by atoms with E-state index in [1.165, 1.54) is 23.2 Å². The van der Waals surface area contributed by atoms with Crippen LogP contribution in [-0.4, -0.2) is 20.8 Å². The predicted octanol–water partition coefficient (Wildman–Crippen LogP) is 6.58. The van der Waals surface area contributed by atoms with Gasteiger partial charge in [0.05, 0.1) is 26.5 Å². The lowest BCUT2D eigenvalue weighted by Crippen LogP contribution is -2.25. The summed E-state index contributed by atoms with van der Waals surface area (Å²) in [6, 6.07) is 19.2. The Balaban J connectivity index is 1.39. The van der Waals surface area contributed by atoms with Crippen molar-refractivity contribution >= 4 is 38.7 Å². The molecule has 3 aromatic carbocycles. The molecule has 5 rings (SSSR count). The molecule has 0 unspecified atom stereocenters. The van der Waals surface area contributed by atoms with Crippen molar-refractivity contribution in [2.45, 2.75) is 44.6 Å². The van der Waals surface area contributed by atoms with E-state index in [1.807, 2.05) is 30.3 Å². The number of nitro benzene ring substituents is 1. The number of para-hydroxylation sites is 1. The van der Waals surface area contributed by atoms with Gasteiger partial charge in [-0.25, -0.2) is 4.98 Å². The number of hydrogen-bond acceptors (Lipinski definition) is 6. The summed E-state index contributed by atoms with van der Waals surface area (Å²) < 4.78 is 8.03. The molecule has 1 aliphatic rings. The van der Waals surface area contributed by atoms with Gasteiger partial charge in [-0.2, -0.15) is 9.78 Å². The summed E-state index contributed by atoms with van der Waals surface area (Å²) in [4.78, 5) is 28.8. The zero-order valence-electron chi connectivity index (χ0n) is 20.0. The second-order valence-electron chi connectivity index (χ2n) is 9.09. The van der Waals surface area contributed by atoms with E-state index in [1.54, 1.807) is 30.5 Å². The van der Waals surface area contributed by atoms with Crippen molar-refractivity contribution in [1.29, 1.82) is 0 Å². The minimum Gasteiger partial charge on any atom is -0.488 e. The summed E-state index contributed by atoms with van der Waals surface area (Å²) in [6.45, 7) is 0.191. The third kappa shape index (κ3) is 5.61. The molecule has 1 fully saturated rings. The van der Waals surface area contributed by atoms with E-state index < -0.39 is 4.92 Å². The van der Waals surface area contributed by atoms with Gasteiger partial charge in [0, 0.05) is 18.1 Å². The van der Waals surface area contributed by atoms with Crippen molar-refractivity contribution in [1.82, 2.24) is 9.66 Å². The van der Waals surface area contributed by atoms with Crippen LogP contribution >= 0.6 is 15.9 Å². The van der Waals surface area contributed by atoms with Gasteiger partial charge in [-0.15, -0.1) is 0 Å². The number of ether oxygens (including phenoxy) is 1. The molecule has 0 amide bonds. The third-order valence-corrected chi connectivity index (χ3v) is 7.16. The third-order valence-electron chi connectivity index (χ3n) is 6.54. The number of aromatic nitrogens is 2. The van der Waals surface area contributed by atoms with Crippen molar-refractivity contribution in [2.24, 2.45) is 5.10 Å². The van der Waals surface area contributed by atoms with Crippen molar-refractivity contribution in [3.05, 3.63) is 109 Å². The minimum atomic E-state index is -0.427. The van der Waals surface area contributed by atoms with Crippen LogP contribution in [0.25, 0.3) is 10.9 Å². The Morgan fingerprint density at radius 3 is 2.68 bits per heavy atom. The lowest BCUT2D eigenvalue weighted by molar-refractivity contribution is -0.384. The second kappa shape index (κ2) is 11.0. The number of non-ortho nitro benzene ring substituents is 1. The Bertz CT molecular complexity index is 1540. The van der Waals surface area contributed by atoms with Gasteiger partial charge >= 0.3 is 0 Å². The molecular weight excluding hydrogens is 536 g/mol. The maximum absolute atomic E-state index is 13.4. The normalized spacial score (nSPS) is 14.3.